The molecule has 1 aromatic rings. The molecule has 0 atom stereocenters. The van der Waals surface area contributed by atoms with E-state index in [0.717, 1.165) is 44.6 Å². The second-order valence-corrected chi connectivity index (χ2v) is 7.97. The first-order valence-electron chi connectivity index (χ1n) is 7.79. The molecular formula is C15H20ClF3N2O2S. The van der Waals surface area contributed by atoms with Crippen LogP contribution in [0.25, 0.3) is 0 Å². The number of halogens is 4. The summed E-state index contributed by atoms with van der Waals surface area (Å²) in [4.78, 5) is 1.83. The summed E-state index contributed by atoms with van der Waals surface area (Å²) in [6, 6.07) is 2.59. The van der Waals surface area contributed by atoms with Crippen molar-refractivity contribution in [2.45, 2.75) is 36.8 Å². The van der Waals surface area contributed by atoms with Gasteiger partial charge in [0.2, 0.25) is 10.0 Å². The fraction of sp³-hybridized carbons (Fsp3) is 0.600. The SMILES string of the molecule is O=S(=O)(NCCCN1CCCCC1)c1ccc(Cl)c(C(F)(F)F)c1. The predicted octanol–water partition coefficient (Wildman–Crippen LogP) is 3.51. The van der Waals surface area contributed by atoms with Crippen molar-refractivity contribution in [1.82, 2.24) is 9.62 Å². The Labute approximate surface area is 145 Å². The maximum Gasteiger partial charge on any atom is 0.417 e. The molecule has 0 unspecified atom stereocenters. The third kappa shape index (κ3) is 5.34. The number of nitrogens with zero attached hydrogens (tertiary/aromatic N) is 1. The molecule has 24 heavy (non-hydrogen) atoms. The second-order valence-electron chi connectivity index (χ2n) is 5.79. The lowest BCUT2D eigenvalue weighted by Gasteiger charge is -2.26. The largest absolute Gasteiger partial charge is 0.417 e. The van der Waals surface area contributed by atoms with Crippen LogP contribution in [0.15, 0.2) is 23.1 Å². The molecule has 0 saturated carbocycles. The van der Waals surface area contributed by atoms with E-state index in [9.17, 15) is 21.6 Å². The summed E-state index contributed by atoms with van der Waals surface area (Å²) in [6.45, 7) is 2.98. The summed E-state index contributed by atoms with van der Waals surface area (Å²) in [7, 11) is -3.99. The van der Waals surface area contributed by atoms with E-state index in [1.54, 1.807) is 0 Å². The van der Waals surface area contributed by atoms with Crippen molar-refractivity contribution < 1.29 is 21.6 Å². The Balaban J connectivity index is 1.95. The van der Waals surface area contributed by atoms with Crippen molar-refractivity contribution in [3.63, 3.8) is 0 Å². The summed E-state index contributed by atoms with van der Waals surface area (Å²) >= 11 is 5.50. The topological polar surface area (TPSA) is 49.4 Å². The number of rotatable bonds is 6. The van der Waals surface area contributed by atoms with E-state index in [-0.39, 0.29) is 6.54 Å². The quantitative estimate of drug-likeness (QED) is 0.763. The van der Waals surface area contributed by atoms with Crippen LogP contribution in [0.5, 0.6) is 0 Å². The molecule has 2 rings (SSSR count). The molecule has 1 aliphatic heterocycles. The summed E-state index contributed by atoms with van der Waals surface area (Å²) in [5.41, 5.74) is -1.15. The number of alkyl halides is 3. The fourth-order valence-corrected chi connectivity index (χ4v) is 3.99. The van der Waals surface area contributed by atoms with E-state index in [0.29, 0.717) is 12.5 Å². The van der Waals surface area contributed by atoms with E-state index >= 15 is 0 Å². The van der Waals surface area contributed by atoms with Crippen LogP contribution in [0.4, 0.5) is 13.2 Å². The predicted molar refractivity (Wildman–Crippen MR) is 86.6 cm³/mol. The molecule has 0 spiro atoms. The molecule has 4 nitrogen and oxygen atoms in total. The van der Waals surface area contributed by atoms with Gasteiger partial charge in [0.25, 0.3) is 0 Å². The molecule has 136 valence electrons. The Hall–Kier alpha value is -0.830. The first-order chi connectivity index (χ1) is 11.2. The highest BCUT2D eigenvalue weighted by atomic mass is 35.5. The number of sulfonamides is 1. The fourth-order valence-electron chi connectivity index (χ4n) is 2.66. The van der Waals surface area contributed by atoms with Gasteiger partial charge in [0.05, 0.1) is 15.5 Å². The summed E-state index contributed by atoms with van der Waals surface area (Å²) in [5, 5.41) is -0.522. The van der Waals surface area contributed by atoms with Crippen LogP contribution in [0.3, 0.4) is 0 Å². The van der Waals surface area contributed by atoms with Gasteiger partial charge >= 0.3 is 6.18 Å². The summed E-state index contributed by atoms with van der Waals surface area (Å²) in [5.74, 6) is 0. The Bertz CT molecular complexity index is 659. The highest BCUT2D eigenvalue weighted by molar-refractivity contribution is 7.89. The Morgan fingerprint density at radius 1 is 1.17 bits per heavy atom. The molecule has 1 aliphatic rings. The van der Waals surface area contributed by atoms with Crippen molar-refractivity contribution >= 4 is 21.6 Å². The van der Waals surface area contributed by atoms with Gasteiger partial charge in [0.1, 0.15) is 0 Å². The Morgan fingerprint density at radius 2 is 1.83 bits per heavy atom. The minimum atomic E-state index is -4.70. The van der Waals surface area contributed by atoms with Crippen molar-refractivity contribution in [3.05, 3.63) is 28.8 Å². The van der Waals surface area contributed by atoms with Crippen LogP contribution in [-0.2, 0) is 16.2 Å². The van der Waals surface area contributed by atoms with Crippen molar-refractivity contribution in [3.8, 4) is 0 Å². The van der Waals surface area contributed by atoms with Crippen molar-refractivity contribution in [2.75, 3.05) is 26.2 Å². The molecule has 0 bridgehead atoms. The highest BCUT2D eigenvalue weighted by Gasteiger charge is 2.34. The van der Waals surface area contributed by atoms with E-state index in [4.69, 9.17) is 11.6 Å². The minimum absolute atomic E-state index is 0.183. The lowest BCUT2D eigenvalue weighted by atomic mass is 10.1. The van der Waals surface area contributed by atoms with Gasteiger partial charge in [-0.2, -0.15) is 13.2 Å². The average molecular weight is 385 g/mol. The smallest absolute Gasteiger partial charge is 0.303 e. The van der Waals surface area contributed by atoms with Crippen LogP contribution in [-0.4, -0.2) is 39.5 Å². The zero-order valence-corrected chi connectivity index (χ0v) is 14.6. The molecular weight excluding hydrogens is 365 g/mol. The van der Waals surface area contributed by atoms with Crippen LogP contribution < -0.4 is 4.72 Å². The van der Waals surface area contributed by atoms with Gasteiger partial charge in [0, 0.05) is 6.54 Å². The first-order valence-corrected chi connectivity index (χ1v) is 9.65. The van der Waals surface area contributed by atoms with Crippen molar-refractivity contribution in [2.24, 2.45) is 0 Å². The van der Waals surface area contributed by atoms with Gasteiger partial charge in [-0.05, 0) is 57.1 Å². The maximum atomic E-state index is 12.8. The summed E-state index contributed by atoms with van der Waals surface area (Å²) in [6.07, 6.45) is -0.565. The number of piperidine rings is 1. The van der Waals surface area contributed by atoms with Gasteiger partial charge in [-0.1, -0.05) is 18.0 Å². The number of nitrogens with one attached hydrogen (secondary N) is 1. The Kier molecular flexibility index (Phi) is 6.52. The molecule has 0 aliphatic carbocycles. The lowest BCUT2D eigenvalue weighted by molar-refractivity contribution is -0.137. The molecule has 1 N–H and O–H groups in total. The number of hydrogen-bond donors (Lipinski definition) is 1. The van der Waals surface area contributed by atoms with Crippen LogP contribution >= 0.6 is 11.6 Å². The number of benzene rings is 1. The van der Waals surface area contributed by atoms with Gasteiger partial charge in [0.15, 0.2) is 0 Å². The second kappa shape index (κ2) is 8.03. The molecule has 0 radical (unpaired) electrons. The molecule has 9 heteroatoms. The minimum Gasteiger partial charge on any atom is -0.303 e. The lowest BCUT2D eigenvalue weighted by Crippen LogP contribution is -2.33. The molecule has 0 amide bonds. The third-order valence-corrected chi connectivity index (χ3v) is 5.73. The van der Waals surface area contributed by atoms with E-state index in [2.05, 4.69) is 9.62 Å². The van der Waals surface area contributed by atoms with Gasteiger partial charge < -0.3 is 4.90 Å². The maximum absolute atomic E-state index is 12.8. The van der Waals surface area contributed by atoms with Crippen LogP contribution in [0.1, 0.15) is 31.2 Å². The standard InChI is InChI=1S/C15H20ClF3N2O2S/c16-14-6-5-12(11-13(14)15(17,18)19)24(22,23)20-7-4-10-21-8-2-1-3-9-21/h5-6,11,20H,1-4,7-10H2. The van der Waals surface area contributed by atoms with E-state index in [1.165, 1.54) is 6.42 Å². The van der Waals surface area contributed by atoms with Crippen molar-refractivity contribution in [1.29, 1.82) is 0 Å². The van der Waals surface area contributed by atoms with Gasteiger partial charge in [-0.25, -0.2) is 13.1 Å². The molecule has 1 fully saturated rings. The van der Waals surface area contributed by atoms with Crippen LogP contribution in [0.2, 0.25) is 5.02 Å². The molecule has 1 heterocycles. The monoisotopic (exact) mass is 384 g/mol. The van der Waals surface area contributed by atoms with Crippen LogP contribution in [0, 0.1) is 0 Å². The van der Waals surface area contributed by atoms with Gasteiger partial charge in [-0.15, -0.1) is 0 Å². The first kappa shape index (κ1) is 19.5. The summed E-state index contributed by atoms with van der Waals surface area (Å²) < 4.78 is 65.1. The highest BCUT2D eigenvalue weighted by Crippen LogP contribution is 2.35. The zero-order chi connectivity index (χ0) is 17.8. The zero-order valence-electron chi connectivity index (χ0n) is 13.1. The van der Waals surface area contributed by atoms with E-state index in [1.807, 2.05) is 0 Å². The van der Waals surface area contributed by atoms with Gasteiger partial charge in [-0.3, -0.25) is 0 Å². The normalized spacial score (nSPS) is 17.2. The molecule has 0 aromatic heterocycles. The average Bonchev–Trinajstić information content (AvgIpc) is 2.52. The van der Waals surface area contributed by atoms with E-state index < -0.39 is 31.7 Å². The number of hydrogen-bond acceptors (Lipinski definition) is 3. The number of likely N-dealkylation sites (tertiary alicyclic amines) is 1. The molecule has 1 saturated heterocycles. The molecule has 1 aromatic carbocycles. The third-order valence-electron chi connectivity index (χ3n) is 3.95. The Morgan fingerprint density at radius 3 is 2.46 bits per heavy atom.